The van der Waals surface area contributed by atoms with Crippen LogP contribution in [0.25, 0.3) is 65.1 Å². The number of carbonyl (C=O) groups excluding carboxylic acids is 2. The van der Waals surface area contributed by atoms with Crippen molar-refractivity contribution in [3.63, 3.8) is 0 Å². The van der Waals surface area contributed by atoms with Crippen molar-refractivity contribution in [2.45, 2.75) is 0 Å². The number of aromatic nitrogens is 3. The first-order valence-corrected chi connectivity index (χ1v) is 24.6. The van der Waals surface area contributed by atoms with Crippen molar-refractivity contribution >= 4 is 111 Å². The van der Waals surface area contributed by atoms with Gasteiger partial charge in [0.25, 0.3) is 11.1 Å². The van der Waals surface area contributed by atoms with Crippen LogP contribution in [-0.4, -0.2) is 68.7 Å². The molecule has 1 amide bonds. The van der Waals surface area contributed by atoms with Gasteiger partial charge in [0, 0.05) is 45.9 Å². The van der Waals surface area contributed by atoms with Crippen molar-refractivity contribution in [2.24, 2.45) is 0 Å². The largest absolute Gasteiger partial charge is 0.478 e. The van der Waals surface area contributed by atoms with E-state index < -0.39 is 11.2 Å². The first-order chi connectivity index (χ1) is 33.9. The van der Waals surface area contributed by atoms with E-state index in [1.54, 1.807) is 69.7 Å². The van der Waals surface area contributed by atoms with Crippen LogP contribution in [0.4, 0.5) is 0 Å². The van der Waals surface area contributed by atoms with E-state index in [2.05, 4.69) is 23.4 Å². The predicted octanol–water partition coefficient (Wildman–Crippen LogP) is 15.3. The summed E-state index contributed by atoms with van der Waals surface area (Å²) >= 11 is 27.3. The quantitative estimate of drug-likeness (QED) is 0.0949. The number of carboxylic acids is 1. The number of amides is 1. The van der Waals surface area contributed by atoms with Gasteiger partial charge in [-0.2, -0.15) is 13.1 Å². The molecule has 0 spiro atoms. The van der Waals surface area contributed by atoms with Gasteiger partial charge in [0.2, 0.25) is 0 Å². The number of hydroxylamine groups is 3. The van der Waals surface area contributed by atoms with Crippen LogP contribution in [-0.2, 0) is 9.68 Å². The molecule has 0 aliphatic carbocycles. The van der Waals surface area contributed by atoms with Crippen LogP contribution in [0.3, 0.4) is 0 Å². The highest BCUT2D eigenvalue weighted by Crippen LogP contribution is 2.39. The molecule has 9 aromatic rings. The van der Waals surface area contributed by atoms with E-state index in [0.717, 1.165) is 43.1 Å². The predicted molar refractivity (Wildman–Crippen MR) is 294 cm³/mol. The van der Waals surface area contributed by atoms with Gasteiger partial charge >= 0.3 is 5.97 Å². The van der Waals surface area contributed by atoms with Gasteiger partial charge in [0.05, 0.1) is 57.1 Å². The number of benzene rings is 6. The second-order valence-corrected chi connectivity index (χ2v) is 18.3. The van der Waals surface area contributed by atoms with E-state index in [4.69, 9.17) is 51.2 Å². The number of carbonyl (C=O) groups is 3. The first kappa shape index (κ1) is 56.1. The highest BCUT2D eigenvalue weighted by molar-refractivity contribution is 7.11. The van der Waals surface area contributed by atoms with Crippen molar-refractivity contribution in [2.75, 3.05) is 28.3 Å². The molecule has 0 fully saturated rings. The lowest BCUT2D eigenvalue weighted by molar-refractivity contribution is -0.0755. The van der Waals surface area contributed by atoms with Crippen molar-refractivity contribution in [3.05, 3.63) is 196 Å². The summed E-state index contributed by atoms with van der Waals surface area (Å²) in [4.78, 5) is 48.0. The molecule has 6 aromatic carbocycles. The van der Waals surface area contributed by atoms with Gasteiger partial charge in [-0.15, -0.1) is 12.4 Å². The van der Waals surface area contributed by atoms with Gasteiger partial charge in [-0.1, -0.05) is 162 Å². The van der Waals surface area contributed by atoms with Crippen LogP contribution in [0.2, 0.25) is 15.1 Å². The van der Waals surface area contributed by atoms with Crippen molar-refractivity contribution in [1.29, 1.82) is 0 Å². The first-order valence-electron chi connectivity index (χ1n) is 20.7. The SMILES string of the molecule is CNOC.CON(C)C(=O)c1c(-c2ccc(Cl)cc2)nsc1-c1ccccc1.Cl.O=C(Cl)c1c(-c2ccc(Cl)cc2)nsc1-c1ccccc1.O=C(O)c1c(-c2ccc(Cl)cc2)nsc1-c1ccccc1. The van der Waals surface area contributed by atoms with Crippen molar-refractivity contribution < 1.29 is 29.2 Å². The second-order valence-electron chi connectivity index (χ2n) is 14.3. The van der Waals surface area contributed by atoms with Gasteiger partial charge in [-0.25, -0.2) is 15.3 Å². The normalized spacial score (nSPS) is 10.3. The number of nitrogens with one attached hydrogen (secondary N) is 1. The Hall–Kier alpha value is -5.85. The van der Waals surface area contributed by atoms with E-state index in [0.29, 0.717) is 48.2 Å². The molecular formula is C52H42Cl5N5O6S3. The Balaban J connectivity index is 0.000000190. The van der Waals surface area contributed by atoms with Crippen LogP contribution in [0.15, 0.2) is 164 Å². The second kappa shape index (κ2) is 27.7. The Morgan fingerprint density at radius 3 is 1.10 bits per heavy atom. The minimum atomic E-state index is -0.979. The molecule has 0 unspecified atom stereocenters. The van der Waals surface area contributed by atoms with Crippen LogP contribution in [0.1, 0.15) is 31.1 Å². The van der Waals surface area contributed by atoms with Crippen LogP contribution < -0.4 is 5.48 Å². The fourth-order valence-corrected chi connectivity index (χ4v) is 9.78. The minimum absolute atomic E-state index is 0. The Labute approximate surface area is 449 Å². The Morgan fingerprint density at radius 2 is 0.803 bits per heavy atom. The molecule has 71 heavy (non-hydrogen) atoms. The molecule has 0 saturated heterocycles. The van der Waals surface area contributed by atoms with Crippen LogP contribution in [0.5, 0.6) is 0 Å². The molecule has 9 rings (SSSR count). The third-order valence-corrected chi connectivity index (χ3v) is 13.6. The zero-order valence-corrected chi connectivity index (χ0v) is 44.3. The lowest BCUT2D eigenvalue weighted by atomic mass is 10.0. The minimum Gasteiger partial charge on any atom is -0.478 e. The molecule has 0 bridgehead atoms. The number of halogens is 5. The molecule has 3 aromatic heterocycles. The summed E-state index contributed by atoms with van der Waals surface area (Å²) in [5, 5.41) is 12.1. The summed E-state index contributed by atoms with van der Waals surface area (Å²) in [6.45, 7) is 0. The molecule has 0 aliphatic heterocycles. The average molecular weight is 1110 g/mol. The zero-order chi connectivity index (χ0) is 50.2. The number of nitrogens with zero attached hydrogens (tertiary/aromatic N) is 4. The van der Waals surface area contributed by atoms with Gasteiger partial charge in [0.15, 0.2) is 0 Å². The third kappa shape index (κ3) is 14.6. The molecule has 0 atom stereocenters. The van der Waals surface area contributed by atoms with E-state index in [1.165, 1.54) is 46.8 Å². The highest BCUT2D eigenvalue weighted by Gasteiger charge is 2.26. The highest BCUT2D eigenvalue weighted by atomic mass is 35.5. The van der Waals surface area contributed by atoms with Gasteiger partial charge in [0.1, 0.15) is 5.56 Å². The Bertz CT molecular complexity index is 2990. The topological polar surface area (TPSA) is 144 Å². The van der Waals surface area contributed by atoms with Gasteiger partial charge < -0.3 is 9.94 Å². The number of rotatable bonds is 11. The number of aromatic carboxylic acids is 1. The maximum atomic E-state index is 12.8. The lowest BCUT2D eigenvalue weighted by Gasteiger charge is -2.15. The Morgan fingerprint density at radius 1 is 0.507 bits per heavy atom. The Kier molecular flexibility index (Phi) is 21.9. The molecular weight excluding hydrogens is 1060 g/mol. The lowest BCUT2D eigenvalue weighted by Crippen LogP contribution is -2.26. The molecule has 0 aliphatic rings. The van der Waals surface area contributed by atoms with E-state index in [1.807, 2.05) is 115 Å². The molecule has 0 radical (unpaired) electrons. The summed E-state index contributed by atoms with van der Waals surface area (Å²) in [6.07, 6.45) is 0. The average Bonchev–Trinajstić information content (AvgIpc) is 4.17. The van der Waals surface area contributed by atoms with Gasteiger partial charge in [-0.05, 0) is 99.3 Å². The maximum Gasteiger partial charge on any atom is 0.339 e. The molecule has 11 nitrogen and oxygen atoms in total. The van der Waals surface area contributed by atoms with Crippen LogP contribution in [0, 0.1) is 0 Å². The molecule has 0 saturated carbocycles. The smallest absolute Gasteiger partial charge is 0.339 e. The fraction of sp³-hybridized carbons (Fsp3) is 0.0769. The van der Waals surface area contributed by atoms with Crippen molar-refractivity contribution in [1.82, 2.24) is 23.7 Å². The van der Waals surface area contributed by atoms with E-state index in [9.17, 15) is 19.5 Å². The number of hydrogen-bond acceptors (Lipinski definition) is 12. The molecule has 2 N–H and O–H groups in total. The summed E-state index contributed by atoms with van der Waals surface area (Å²) in [6, 6.07) is 50.2. The summed E-state index contributed by atoms with van der Waals surface area (Å²) in [5.41, 5.74) is 10.5. The standard InChI is InChI=1S/C18H15ClN2O2S.C16H9Cl2NOS.C16H10ClNO2S.C2H7NO.ClH/c1-21(23-2)18(22)15-16(12-8-10-14(19)11-9-12)20-24-17(15)13-6-4-3-5-7-13;17-12-8-6-10(7-9-12)14-13(16(18)20)15(21-19-14)11-4-2-1-3-5-11;17-12-8-6-10(7-9-12)14-13(16(19)20)15(21-18-14)11-4-2-1-3-5-11;1-3-4-2;/h3-11H,1-2H3;1-9H;1-9H,(H,19,20);3H,1-2H3;1H. The molecule has 364 valence electrons. The van der Waals surface area contributed by atoms with E-state index in [-0.39, 0.29) is 23.9 Å². The maximum absolute atomic E-state index is 12.8. The number of carboxylic acid groups (broad SMARTS) is 1. The van der Waals surface area contributed by atoms with Crippen molar-refractivity contribution in [3.8, 4) is 65.1 Å². The summed E-state index contributed by atoms with van der Waals surface area (Å²) in [7, 11) is 6.32. The van der Waals surface area contributed by atoms with Gasteiger partial charge in [-0.3, -0.25) is 14.4 Å². The summed E-state index contributed by atoms with van der Waals surface area (Å²) < 4.78 is 13.3. The number of hydrogen-bond donors (Lipinski definition) is 2. The summed E-state index contributed by atoms with van der Waals surface area (Å²) in [5.74, 6) is -1.22. The third-order valence-electron chi connectivity index (χ3n) is 9.93. The van der Waals surface area contributed by atoms with E-state index >= 15 is 0 Å². The fourth-order valence-electron chi connectivity index (χ4n) is 6.46. The molecule has 19 heteroatoms. The zero-order valence-electron chi connectivity index (χ0n) is 38.0. The van der Waals surface area contributed by atoms with Crippen LogP contribution >= 0.6 is 93.4 Å². The monoisotopic (exact) mass is 1100 g/mol. The molecule has 3 heterocycles.